The first kappa shape index (κ1) is 18.2. The van der Waals surface area contributed by atoms with E-state index in [-0.39, 0.29) is 36.5 Å². The number of benzene rings is 1. The average molecular weight is 385 g/mol. The van der Waals surface area contributed by atoms with E-state index in [9.17, 15) is 18.0 Å². The molecule has 2 aliphatic heterocycles. The summed E-state index contributed by atoms with van der Waals surface area (Å²) in [5.41, 5.74) is 0.592. The second-order valence-electron chi connectivity index (χ2n) is 6.67. The summed E-state index contributed by atoms with van der Waals surface area (Å²) in [7, 11) is -1.73. The highest BCUT2D eigenvalue weighted by Gasteiger charge is 2.38. The molecule has 2 fully saturated rings. The SMILES string of the molecule is CN1C[C@@H](C(=O)N2CC[C@H](c3ccccc3Cl)S(=O)(=O)CC2)CC1=O. The molecule has 1 aromatic rings. The fourth-order valence-electron chi connectivity index (χ4n) is 3.54. The van der Waals surface area contributed by atoms with E-state index in [2.05, 4.69) is 0 Å². The zero-order valence-corrected chi connectivity index (χ0v) is 15.6. The maximum atomic E-state index is 12.7. The van der Waals surface area contributed by atoms with Gasteiger partial charge in [-0.1, -0.05) is 29.8 Å². The number of rotatable bonds is 2. The molecule has 2 amide bonds. The van der Waals surface area contributed by atoms with Gasteiger partial charge in [-0.05, 0) is 18.1 Å². The number of halogens is 1. The largest absolute Gasteiger partial charge is 0.345 e. The quantitative estimate of drug-likeness (QED) is 0.774. The molecule has 0 aliphatic carbocycles. The molecule has 2 saturated heterocycles. The van der Waals surface area contributed by atoms with Gasteiger partial charge in [0.1, 0.15) is 0 Å². The fourth-order valence-corrected chi connectivity index (χ4v) is 5.69. The zero-order valence-electron chi connectivity index (χ0n) is 14.0. The molecule has 8 heteroatoms. The van der Waals surface area contributed by atoms with Crippen molar-refractivity contribution in [2.75, 3.05) is 32.4 Å². The predicted octanol–water partition coefficient (Wildman–Crippen LogP) is 1.51. The van der Waals surface area contributed by atoms with Crippen LogP contribution in [0.4, 0.5) is 0 Å². The number of hydrogen-bond acceptors (Lipinski definition) is 4. The van der Waals surface area contributed by atoms with Crippen molar-refractivity contribution in [3.63, 3.8) is 0 Å². The Morgan fingerprint density at radius 1 is 1.24 bits per heavy atom. The van der Waals surface area contributed by atoms with E-state index in [4.69, 9.17) is 11.6 Å². The van der Waals surface area contributed by atoms with Crippen molar-refractivity contribution in [2.45, 2.75) is 18.1 Å². The van der Waals surface area contributed by atoms with Crippen molar-refractivity contribution in [1.29, 1.82) is 0 Å². The van der Waals surface area contributed by atoms with Crippen LogP contribution in [0.15, 0.2) is 24.3 Å². The summed E-state index contributed by atoms with van der Waals surface area (Å²) in [6.07, 6.45) is 0.515. The number of nitrogens with zero attached hydrogens (tertiary/aromatic N) is 2. The van der Waals surface area contributed by atoms with E-state index in [1.807, 2.05) is 0 Å². The maximum absolute atomic E-state index is 12.7. The Balaban J connectivity index is 1.78. The molecule has 0 spiro atoms. The molecular weight excluding hydrogens is 364 g/mol. The first-order chi connectivity index (χ1) is 11.8. The highest BCUT2D eigenvalue weighted by atomic mass is 35.5. The molecule has 1 aromatic carbocycles. The van der Waals surface area contributed by atoms with Gasteiger partial charge < -0.3 is 9.80 Å². The smallest absolute Gasteiger partial charge is 0.228 e. The van der Waals surface area contributed by atoms with Crippen LogP contribution in [-0.4, -0.2) is 62.5 Å². The van der Waals surface area contributed by atoms with E-state index < -0.39 is 15.1 Å². The van der Waals surface area contributed by atoms with Crippen LogP contribution in [0, 0.1) is 5.92 Å². The Kier molecular flexibility index (Phi) is 5.06. The summed E-state index contributed by atoms with van der Waals surface area (Å²) in [6, 6.07) is 6.94. The standard InChI is InChI=1S/C17H21ClN2O4S/c1-19-11-12(10-16(19)21)17(22)20-7-6-15(25(23,24)9-8-20)13-4-2-3-5-14(13)18/h2-5,12,15H,6-11H2,1H3/t12-,15+/m0/s1. The van der Waals surface area contributed by atoms with Crippen molar-refractivity contribution in [1.82, 2.24) is 9.80 Å². The second-order valence-corrected chi connectivity index (χ2v) is 9.38. The first-order valence-corrected chi connectivity index (χ1v) is 10.4. The van der Waals surface area contributed by atoms with Gasteiger partial charge in [0.25, 0.3) is 0 Å². The highest BCUT2D eigenvalue weighted by molar-refractivity contribution is 7.91. The van der Waals surface area contributed by atoms with Gasteiger partial charge in [0.05, 0.1) is 16.9 Å². The lowest BCUT2D eigenvalue weighted by atomic mass is 10.1. The summed E-state index contributed by atoms with van der Waals surface area (Å²) in [4.78, 5) is 27.5. The minimum absolute atomic E-state index is 0.0465. The number of amides is 2. The minimum atomic E-state index is -3.40. The monoisotopic (exact) mass is 384 g/mol. The Morgan fingerprint density at radius 3 is 2.60 bits per heavy atom. The molecule has 0 radical (unpaired) electrons. The Morgan fingerprint density at radius 2 is 1.96 bits per heavy atom. The lowest BCUT2D eigenvalue weighted by molar-refractivity contribution is -0.135. The van der Waals surface area contributed by atoms with Gasteiger partial charge in [-0.3, -0.25) is 9.59 Å². The number of sulfone groups is 1. The maximum Gasteiger partial charge on any atom is 0.228 e. The van der Waals surface area contributed by atoms with Crippen molar-refractivity contribution >= 4 is 33.3 Å². The molecule has 2 atom stereocenters. The second kappa shape index (κ2) is 6.96. The zero-order chi connectivity index (χ0) is 18.2. The van der Waals surface area contributed by atoms with Gasteiger partial charge in [0.2, 0.25) is 11.8 Å². The molecule has 6 nitrogen and oxygen atoms in total. The fraction of sp³-hybridized carbons (Fsp3) is 0.529. The van der Waals surface area contributed by atoms with E-state index in [1.165, 1.54) is 0 Å². The number of carbonyl (C=O) groups is 2. The van der Waals surface area contributed by atoms with E-state index >= 15 is 0 Å². The van der Waals surface area contributed by atoms with E-state index in [0.717, 1.165) is 0 Å². The molecule has 0 saturated carbocycles. The molecule has 0 N–H and O–H groups in total. The average Bonchev–Trinajstić information content (AvgIpc) is 2.81. The van der Waals surface area contributed by atoms with Crippen LogP contribution >= 0.6 is 11.6 Å². The summed E-state index contributed by atoms with van der Waals surface area (Å²) in [5, 5.41) is -0.272. The lowest BCUT2D eigenvalue weighted by Gasteiger charge is -2.23. The molecular formula is C17H21ClN2O4S. The molecule has 0 aromatic heterocycles. The summed E-state index contributed by atoms with van der Waals surface area (Å²) < 4.78 is 25.4. The Hall–Kier alpha value is -1.60. The normalized spacial score (nSPS) is 26.6. The summed E-state index contributed by atoms with van der Waals surface area (Å²) >= 11 is 6.18. The first-order valence-electron chi connectivity index (χ1n) is 8.28. The van der Waals surface area contributed by atoms with Gasteiger partial charge in [-0.2, -0.15) is 0 Å². The molecule has 25 heavy (non-hydrogen) atoms. The third-order valence-corrected chi connectivity index (χ3v) is 7.45. The van der Waals surface area contributed by atoms with Crippen LogP contribution in [0.5, 0.6) is 0 Å². The number of hydrogen-bond donors (Lipinski definition) is 0. The van der Waals surface area contributed by atoms with Crippen molar-refractivity contribution in [3.8, 4) is 0 Å². The van der Waals surface area contributed by atoms with Crippen LogP contribution < -0.4 is 0 Å². The lowest BCUT2D eigenvalue weighted by Crippen LogP contribution is -2.39. The minimum Gasteiger partial charge on any atom is -0.345 e. The molecule has 2 heterocycles. The number of carbonyl (C=O) groups excluding carboxylic acids is 2. The van der Waals surface area contributed by atoms with Gasteiger partial charge in [-0.15, -0.1) is 0 Å². The molecule has 2 aliphatic rings. The van der Waals surface area contributed by atoms with Crippen LogP contribution in [0.1, 0.15) is 23.7 Å². The predicted molar refractivity (Wildman–Crippen MR) is 94.9 cm³/mol. The summed E-state index contributed by atoms with van der Waals surface area (Å²) in [5.74, 6) is -0.648. The van der Waals surface area contributed by atoms with E-state index in [1.54, 1.807) is 41.1 Å². The van der Waals surface area contributed by atoms with Crippen LogP contribution in [0.3, 0.4) is 0 Å². The third kappa shape index (κ3) is 3.67. The molecule has 136 valence electrons. The Labute approximate surface area is 152 Å². The van der Waals surface area contributed by atoms with Crippen molar-refractivity contribution in [3.05, 3.63) is 34.9 Å². The van der Waals surface area contributed by atoms with Gasteiger partial charge in [-0.25, -0.2) is 8.42 Å². The molecule has 0 unspecified atom stereocenters. The van der Waals surface area contributed by atoms with E-state index in [0.29, 0.717) is 30.1 Å². The van der Waals surface area contributed by atoms with Crippen molar-refractivity contribution in [2.24, 2.45) is 5.92 Å². The van der Waals surface area contributed by atoms with Gasteiger partial charge in [0, 0.05) is 38.1 Å². The highest BCUT2D eigenvalue weighted by Crippen LogP contribution is 2.34. The van der Waals surface area contributed by atoms with Crippen molar-refractivity contribution < 1.29 is 18.0 Å². The Bertz CT molecular complexity index is 796. The molecule has 0 bridgehead atoms. The van der Waals surface area contributed by atoms with Gasteiger partial charge in [0.15, 0.2) is 9.84 Å². The van der Waals surface area contributed by atoms with Crippen LogP contribution in [-0.2, 0) is 19.4 Å². The van der Waals surface area contributed by atoms with Gasteiger partial charge >= 0.3 is 0 Å². The van der Waals surface area contributed by atoms with Crippen LogP contribution in [0.25, 0.3) is 0 Å². The topological polar surface area (TPSA) is 74.8 Å². The number of likely N-dealkylation sites (tertiary alicyclic amines) is 1. The third-order valence-electron chi connectivity index (χ3n) is 4.99. The summed E-state index contributed by atoms with van der Waals surface area (Å²) in [6.45, 7) is 0.910. The molecule has 3 rings (SSSR count). The van der Waals surface area contributed by atoms with Crippen LogP contribution in [0.2, 0.25) is 5.02 Å².